The quantitative estimate of drug-likeness (QED) is 0.635. The summed E-state index contributed by atoms with van der Waals surface area (Å²) in [5.74, 6) is -0.887. The van der Waals surface area contributed by atoms with Crippen LogP contribution in [0.2, 0.25) is 0 Å². The molecular formula is C16H15N3O4S. The van der Waals surface area contributed by atoms with Gasteiger partial charge in [0.15, 0.2) is 0 Å². The van der Waals surface area contributed by atoms with Crippen LogP contribution in [-0.4, -0.2) is 29.7 Å². The molecule has 0 amide bonds. The van der Waals surface area contributed by atoms with E-state index in [9.17, 15) is 13.2 Å². The van der Waals surface area contributed by atoms with Crippen molar-refractivity contribution in [3.8, 4) is 0 Å². The summed E-state index contributed by atoms with van der Waals surface area (Å²) in [6.45, 7) is 0. The second-order valence-corrected chi connectivity index (χ2v) is 6.96. The third kappa shape index (κ3) is 3.38. The minimum atomic E-state index is -3.74. The van der Waals surface area contributed by atoms with Gasteiger partial charge in [-0.05, 0) is 36.2 Å². The number of nitrogens with one attached hydrogen (secondary N) is 2. The van der Waals surface area contributed by atoms with Crippen molar-refractivity contribution < 1.29 is 18.3 Å². The highest BCUT2D eigenvalue weighted by molar-refractivity contribution is 7.92. The first kappa shape index (κ1) is 16.0. The number of rotatable bonds is 6. The van der Waals surface area contributed by atoms with Gasteiger partial charge >= 0.3 is 5.97 Å². The molecule has 7 nitrogen and oxygen atoms in total. The summed E-state index contributed by atoms with van der Waals surface area (Å²) in [5, 5.41) is 16.0. The molecule has 3 N–H and O–H groups in total. The predicted octanol–water partition coefficient (Wildman–Crippen LogP) is 2.38. The molecule has 2 aromatic carbocycles. The number of benzene rings is 2. The van der Waals surface area contributed by atoms with Crippen molar-refractivity contribution in [2.24, 2.45) is 0 Å². The zero-order chi connectivity index (χ0) is 17.2. The van der Waals surface area contributed by atoms with Gasteiger partial charge in [-0.2, -0.15) is 5.10 Å². The first-order valence-corrected chi connectivity index (χ1v) is 8.70. The Labute approximate surface area is 138 Å². The highest BCUT2D eigenvalue weighted by Gasteiger charge is 2.16. The molecule has 0 spiro atoms. The lowest BCUT2D eigenvalue weighted by Crippen LogP contribution is -2.13. The summed E-state index contributed by atoms with van der Waals surface area (Å²) < 4.78 is 27.6. The van der Waals surface area contributed by atoms with Crippen molar-refractivity contribution in [2.75, 3.05) is 4.72 Å². The minimum absolute atomic E-state index is 0.00678. The van der Waals surface area contributed by atoms with E-state index in [0.717, 1.165) is 11.1 Å². The second kappa shape index (κ2) is 6.32. The number of aryl methyl sites for hydroxylation is 1. The molecule has 24 heavy (non-hydrogen) atoms. The number of carbonyl (C=O) groups is 1. The maximum atomic E-state index is 12.5. The maximum Gasteiger partial charge on any atom is 0.303 e. The van der Waals surface area contributed by atoms with Crippen LogP contribution in [0.3, 0.4) is 0 Å². The molecule has 3 aromatic rings. The monoisotopic (exact) mass is 345 g/mol. The van der Waals surface area contributed by atoms with Gasteiger partial charge in [0.1, 0.15) is 0 Å². The Morgan fingerprint density at radius 1 is 1.17 bits per heavy atom. The van der Waals surface area contributed by atoms with Crippen molar-refractivity contribution in [1.29, 1.82) is 0 Å². The van der Waals surface area contributed by atoms with Gasteiger partial charge in [-0.25, -0.2) is 8.42 Å². The summed E-state index contributed by atoms with van der Waals surface area (Å²) in [7, 11) is -3.74. The van der Waals surface area contributed by atoms with Crippen molar-refractivity contribution in [3.63, 3.8) is 0 Å². The molecule has 124 valence electrons. The molecule has 8 heteroatoms. The number of aromatic nitrogens is 2. The van der Waals surface area contributed by atoms with Crippen molar-refractivity contribution in [2.45, 2.75) is 17.7 Å². The molecule has 0 aliphatic rings. The summed E-state index contributed by atoms with van der Waals surface area (Å²) in [5.41, 5.74) is 1.95. The minimum Gasteiger partial charge on any atom is -0.481 e. The molecule has 0 atom stereocenters. The molecule has 0 aliphatic carbocycles. The van der Waals surface area contributed by atoms with Gasteiger partial charge in [0.25, 0.3) is 10.0 Å². The molecule has 0 saturated carbocycles. The van der Waals surface area contributed by atoms with Gasteiger partial charge in [0.05, 0.1) is 22.3 Å². The summed E-state index contributed by atoms with van der Waals surface area (Å²) in [4.78, 5) is 10.7. The number of H-pyrrole nitrogens is 1. The second-order valence-electron chi connectivity index (χ2n) is 5.28. The van der Waals surface area contributed by atoms with Crippen LogP contribution < -0.4 is 4.72 Å². The van der Waals surface area contributed by atoms with Gasteiger partial charge in [0, 0.05) is 11.8 Å². The first-order chi connectivity index (χ1) is 11.5. The molecule has 0 bridgehead atoms. The van der Waals surface area contributed by atoms with Crippen LogP contribution >= 0.6 is 0 Å². The van der Waals surface area contributed by atoms with Crippen LogP contribution in [0.1, 0.15) is 12.0 Å². The van der Waals surface area contributed by atoms with Gasteiger partial charge in [-0.15, -0.1) is 0 Å². The molecule has 0 fully saturated rings. The summed E-state index contributed by atoms with van der Waals surface area (Å²) in [6, 6.07) is 11.4. The lowest BCUT2D eigenvalue weighted by Gasteiger charge is -2.09. The average molecular weight is 345 g/mol. The van der Waals surface area contributed by atoms with Crippen molar-refractivity contribution in [3.05, 3.63) is 54.2 Å². The number of aliphatic carboxylic acids is 1. The zero-order valence-corrected chi connectivity index (χ0v) is 13.4. The number of fused-ring (bicyclic) bond motifs is 1. The highest BCUT2D eigenvalue weighted by Crippen LogP contribution is 2.24. The van der Waals surface area contributed by atoms with Gasteiger partial charge in [-0.3, -0.25) is 14.6 Å². The Morgan fingerprint density at radius 2 is 1.92 bits per heavy atom. The highest BCUT2D eigenvalue weighted by atomic mass is 32.2. The number of carboxylic acids is 1. The van der Waals surface area contributed by atoms with Crippen LogP contribution in [0.4, 0.5) is 5.69 Å². The Morgan fingerprint density at radius 3 is 2.62 bits per heavy atom. The first-order valence-electron chi connectivity index (χ1n) is 7.21. The van der Waals surface area contributed by atoms with E-state index in [2.05, 4.69) is 14.9 Å². The molecular weight excluding hydrogens is 330 g/mol. The van der Waals surface area contributed by atoms with Gasteiger partial charge < -0.3 is 5.11 Å². The topological polar surface area (TPSA) is 112 Å². The van der Waals surface area contributed by atoms with Crippen molar-refractivity contribution in [1.82, 2.24) is 10.2 Å². The average Bonchev–Trinajstić information content (AvgIpc) is 3.03. The summed E-state index contributed by atoms with van der Waals surface area (Å²) >= 11 is 0. The normalized spacial score (nSPS) is 11.5. The molecule has 0 aliphatic heterocycles. The Kier molecular flexibility index (Phi) is 4.22. The van der Waals surface area contributed by atoms with E-state index in [1.807, 2.05) is 0 Å². The standard InChI is InChI=1S/C16H15N3O4S/c20-16(21)9-6-11-4-7-12(8-5-11)24(22,23)19-15-3-1-2-14-13(15)10-17-18-14/h1-5,7-8,10,19H,6,9H2,(H,17,18)(H,20,21). The van der Waals surface area contributed by atoms with Gasteiger partial charge in [0.2, 0.25) is 0 Å². The number of hydrogen-bond donors (Lipinski definition) is 3. The fourth-order valence-corrected chi connectivity index (χ4v) is 3.43. The number of anilines is 1. The lowest BCUT2D eigenvalue weighted by atomic mass is 10.1. The molecule has 0 saturated heterocycles. The number of hydrogen-bond acceptors (Lipinski definition) is 4. The number of nitrogens with zero attached hydrogens (tertiary/aromatic N) is 1. The van der Waals surface area contributed by atoms with E-state index in [4.69, 9.17) is 5.11 Å². The number of carboxylic acid groups (broad SMARTS) is 1. The van der Waals surface area contributed by atoms with Crippen LogP contribution in [0.5, 0.6) is 0 Å². The van der Waals surface area contributed by atoms with Crippen LogP contribution in [-0.2, 0) is 21.2 Å². The Balaban J connectivity index is 1.82. The van der Waals surface area contributed by atoms with E-state index in [1.165, 1.54) is 12.1 Å². The Hall–Kier alpha value is -2.87. The predicted molar refractivity (Wildman–Crippen MR) is 89.3 cm³/mol. The van der Waals surface area contributed by atoms with Crippen LogP contribution in [0, 0.1) is 0 Å². The smallest absolute Gasteiger partial charge is 0.303 e. The van der Waals surface area contributed by atoms with E-state index < -0.39 is 16.0 Å². The molecule has 1 aromatic heterocycles. The largest absolute Gasteiger partial charge is 0.481 e. The maximum absolute atomic E-state index is 12.5. The molecule has 0 unspecified atom stereocenters. The third-order valence-corrected chi connectivity index (χ3v) is 4.97. The number of aromatic amines is 1. The van der Waals surface area contributed by atoms with E-state index >= 15 is 0 Å². The fraction of sp³-hybridized carbons (Fsp3) is 0.125. The van der Waals surface area contributed by atoms with E-state index in [0.29, 0.717) is 17.5 Å². The van der Waals surface area contributed by atoms with E-state index in [-0.39, 0.29) is 11.3 Å². The van der Waals surface area contributed by atoms with Crippen LogP contribution in [0.15, 0.2) is 53.6 Å². The van der Waals surface area contributed by atoms with Crippen molar-refractivity contribution >= 4 is 32.6 Å². The molecule has 3 rings (SSSR count). The molecule has 1 heterocycles. The van der Waals surface area contributed by atoms with E-state index in [1.54, 1.807) is 36.5 Å². The molecule has 0 radical (unpaired) electrons. The zero-order valence-electron chi connectivity index (χ0n) is 12.6. The summed E-state index contributed by atoms with van der Waals surface area (Å²) in [6.07, 6.45) is 1.92. The lowest BCUT2D eigenvalue weighted by molar-refractivity contribution is -0.136. The Bertz CT molecular complexity index is 978. The number of sulfonamides is 1. The van der Waals surface area contributed by atoms with Gasteiger partial charge in [-0.1, -0.05) is 18.2 Å². The SMILES string of the molecule is O=C(O)CCc1ccc(S(=O)(=O)Nc2cccc3[nH]ncc23)cc1. The van der Waals surface area contributed by atoms with Crippen LogP contribution in [0.25, 0.3) is 10.9 Å². The third-order valence-electron chi connectivity index (χ3n) is 3.59. The fourth-order valence-electron chi connectivity index (χ4n) is 2.35.